The molecule has 0 radical (unpaired) electrons. The van der Waals surface area contributed by atoms with Crippen LogP contribution in [0.15, 0.2) is 29.0 Å². The van der Waals surface area contributed by atoms with Crippen molar-refractivity contribution in [1.82, 2.24) is 0 Å². The van der Waals surface area contributed by atoms with Crippen LogP contribution in [-0.4, -0.2) is 0 Å². The standard InChI is InChI=1S/C5H6BrN2.HI/c6-5-1-3-8(7)4-2-5;/h1-4H,7H2;1H/q+1;/p-1. The van der Waals surface area contributed by atoms with Crippen LogP contribution in [0.4, 0.5) is 0 Å². The number of halogens is 2. The highest BCUT2D eigenvalue weighted by Gasteiger charge is 1.88. The van der Waals surface area contributed by atoms with Gasteiger partial charge in [0.25, 0.3) is 0 Å². The highest BCUT2D eigenvalue weighted by Crippen LogP contribution is 2.02. The molecule has 9 heavy (non-hydrogen) atoms. The van der Waals surface area contributed by atoms with Crippen LogP contribution in [0.1, 0.15) is 0 Å². The summed E-state index contributed by atoms with van der Waals surface area (Å²) in [5.74, 6) is 5.32. The number of hydrogen-bond donors (Lipinski definition) is 1. The van der Waals surface area contributed by atoms with Crippen LogP contribution in [0.5, 0.6) is 0 Å². The van der Waals surface area contributed by atoms with E-state index in [1.165, 1.54) is 4.68 Å². The molecule has 0 aliphatic heterocycles. The van der Waals surface area contributed by atoms with Gasteiger partial charge in [-0.3, -0.25) is 0 Å². The Morgan fingerprint density at radius 2 is 1.78 bits per heavy atom. The summed E-state index contributed by atoms with van der Waals surface area (Å²) in [5.41, 5.74) is 0. The average Bonchev–Trinajstić information content (AvgIpc) is 1.77. The molecule has 2 N–H and O–H groups in total. The summed E-state index contributed by atoms with van der Waals surface area (Å²) in [6, 6.07) is 3.75. The molecule has 1 aromatic rings. The summed E-state index contributed by atoms with van der Waals surface area (Å²) in [4.78, 5) is 0. The Labute approximate surface area is 79.2 Å². The van der Waals surface area contributed by atoms with Gasteiger partial charge >= 0.3 is 0 Å². The third kappa shape index (κ3) is 3.00. The SMILES string of the molecule is N[n+]1ccc(Br)cc1.[I-]. The second kappa shape index (κ2) is 4.05. The number of pyridine rings is 1. The first-order chi connectivity index (χ1) is 3.79. The normalized spacial score (nSPS) is 8.11. The monoisotopic (exact) mass is 300 g/mol. The van der Waals surface area contributed by atoms with E-state index < -0.39 is 0 Å². The van der Waals surface area contributed by atoms with E-state index in [4.69, 9.17) is 5.84 Å². The Bertz CT molecular complexity index is 154. The zero-order chi connectivity index (χ0) is 5.98. The first kappa shape index (κ1) is 9.16. The van der Waals surface area contributed by atoms with E-state index in [-0.39, 0.29) is 24.0 Å². The molecule has 2 nitrogen and oxygen atoms in total. The van der Waals surface area contributed by atoms with Gasteiger partial charge in [-0.2, -0.15) is 0 Å². The number of rotatable bonds is 0. The topological polar surface area (TPSA) is 29.9 Å². The van der Waals surface area contributed by atoms with Crippen molar-refractivity contribution in [2.75, 3.05) is 5.84 Å². The maximum Gasteiger partial charge on any atom is 0.200 e. The lowest BCUT2D eigenvalue weighted by Crippen LogP contribution is -3.00. The minimum atomic E-state index is 0. The van der Waals surface area contributed by atoms with E-state index in [0.29, 0.717) is 0 Å². The van der Waals surface area contributed by atoms with Gasteiger partial charge in [-0.15, -0.1) is 0 Å². The van der Waals surface area contributed by atoms with E-state index in [9.17, 15) is 0 Å². The number of hydrogen-bond acceptors (Lipinski definition) is 1. The van der Waals surface area contributed by atoms with Gasteiger partial charge in [-0.05, 0) is 0 Å². The van der Waals surface area contributed by atoms with Crippen LogP contribution in [0.2, 0.25) is 0 Å². The first-order valence-corrected chi connectivity index (χ1v) is 3.00. The quantitative estimate of drug-likeness (QED) is 0.319. The molecule has 0 saturated heterocycles. The van der Waals surface area contributed by atoms with Crippen LogP contribution in [-0.2, 0) is 0 Å². The average molecular weight is 301 g/mol. The van der Waals surface area contributed by atoms with Crippen LogP contribution >= 0.6 is 15.9 Å². The van der Waals surface area contributed by atoms with E-state index in [1.807, 2.05) is 12.1 Å². The van der Waals surface area contributed by atoms with E-state index in [0.717, 1.165) is 4.47 Å². The van der Waals surface area contributed by atoms with Crippen molar-refractivity contribution in [3.63, 3.8) is 0 Å². The second-order valence-corrected chi connectivity index (χ2v) is 2.38. The molecule has 0 aliphatic carbocycles. The van der Waals surface area contributed by atoms with E-state index in [1.54, 1.807) is 12.4 Å². The molecule has 4 heteroatoms. The highest BCUT2D eigenvalue weighted by molar-refractivity contribution is 9.10. The lowest BCUT2D eigenvalue weighted by Gasteiger charge is -1.82. The van der Waals surface area contributed by atoms with Crippen molar-refractivity contribution < 1.29 is 28.7 Å². The van der Waals surface area contributed by atoms with Gasteiger partial charge in [-0.25, -0.2) is 5.84 Å². The zero-order valence-corrected chi connectivity index (χ0v) is 8.33. The Morgan fingerprint density at radius 1 is 1.33 bits per heavy atom. The van der Waals surface area contributed by atoms with Crippen molar-refractivity contribution in [3.8, 4) is 0 Å². The van der Waals surface area contributed by atoms with Crippen molar-refractivity contribution in [2.24, 2.45) is 0 Å². The summed E-state index contributed by atoms with van der Waals surface area (Å²) in [6.07, 6.45) is 3.54. The van der Waals surface area contributed by atoms with Gasteiger partial charge in [0.1, 0.15) is 0 Å². The molecule has 50 valence electrons. The highest BCUT2D eigenvalue weighted by atomic mass is 127. The molecule has 0 aliphatic rings. The lowest BCUT2D eigenvalue weighted by atomic mass is 10.5. The Balaban J connectivity index is 0.000000640. The van der Waals surface area contributed by atoms with Crippen LogP contribution in [0, 0.1) is 0 Å². The summed E-state index contributed by atoms with van der Waals surface area (Å²) < 4.78 is 2.53. The number of nitrogens with zero attached hydrogens (tertiary/aromatic N) is 1. The Kier molecular flexibility index (Phi) is 4.12. The zero-order valence-electron chi connectivity index (χ0n) is 4.59. The third-order valence-corrected chi connectivity index (χ3v) is 1.34. The van der Waals surface area contributed by atoms with Gasteiger partial charge in [0, 0.05) is 16.6 Å². The number of nitrogen functional groups attached to an aromatic ring is 1. The Morgan fingerprint density at radius 3 is 2.11 bits per heavy atom. The molecular formula is C5H6BrIN2. The molecule has 0 saturated carbocycles. The van der Waals surface area contributed by atoms with Gasteiger partial charge in [0.15, 0.2) is 12.4 Å². The van der Waals surface area contributed by atoms with Crippen LogP contribution < -0.4 is 34.5 Å². The van der Waals surface area contributed by atoms with Crippen molar-refractivity contribution in [2.45, 2.75) is 0 Å². The predicted octanol–water partition coefficient (Wildman–Crippen LogP) is -2.55. The van der Waals surface area contributed by atoms with Crippen molar-refractivity contribution in [1.29, 1.82) is 0 Å². The largest absolute Gasteiger partial charge is 1.00 e. The summed E-state index contributed by atoms with van der Waals surface area (Å²) in [5, 5.41) is 0. The summed E-state index contributed by atoms with van der Waals surface area (Å²) >= 11 is 3.28. The van der Waals surface area contributed by atoms with E-state index >= 15 is 0 Å². The maximum atomic E-state index is 5.32. The van der Waals surface area contributed by atoms with Crippen LogP contribution in [0.3, 0.4) is 0 Å². The molecule has 0 bridgehead atoms. The third-order valence-electron chi connectivity index (χ3n) is 0.812. The first-order valence-electron chi connectivity index (χ1n) is 2.21. The minimum absolute atomic E-state index is 0. The van der Waals surface area contributed by atoms with Crippen LogP contribution in [0.25, 0.3) is 0 Å². The summed E-state index contributed by atoms with van der Waals surface area (Å²) in [6.45, 7) is 0. The van der Waals surface area contributed by atoms with Gasteiger partial charge in [-0.1, -0.05) is 20.6 Å². The van der Waals surface area contributed by atoms with Crippen molar-refractivity contribution in [3.05, 3.63) is 29.0 Å². The number of aromatic nitrogens is 1. The molecule has 0 spiro atoms. The maximum absolute atomic E-state index is 5.32. The molecule has 0 aromatic carbocycles. The fraction of sp³-hybridized carbons (Fsp3) is 0. The molecule has 1 heterocycles. The van der Waals surface area contributed by atoms with Gasteiger partial charge < -0.3 is 24.0 Å². The van der Waals surface area contributed by atoms with Gasteiger partial charge in [0.2, 0.25) is 0 Å². The second-order valence-electron chi connectivity index (χ2n) is 1.46. The molecule has 0 fully saturated rings. The van der Waals surface area contributed by atoms with Gasteiger partial charge in [0.05, 0.1) is 0 Å². The van der Waals surface area contributed by atoms with Crippen molar-refractivity contribution >= 4 is 15.9 Å². The van der Waals surface area contributed by atoms with E-state index in [2.05, 4.69) is 15.9 Å². The fourth-order valence-electron chi connectivity index (χ4n) is 0.420. The molecule has 1 aromatic heterocycles. The Hall–Kier alpha value is 0.160. The fourth-order valence-corrected chi connectivity index (χ4v) is 0.656. The lowest BCUT2D eigenvalue weighted by molar-refractivity contribution is -0.639. The minimum Gasteiger partial charge on any atom is -1.00 e. The molecule has 1 rings (SSSR count). The molecule has 0 atom stereocenters. The molecule has 0 amide bonds. The number of nitrogens with two attached hydrogens (primary N) is 1. The summed E-state index contributed by atoms with van der Waals surface area (Å²) in [7, 11) is 0. The molecular weight excluding hydrogens is 295 g/mol. The molecule has 0 unspecified atom stereocenters. The predicted molar refractivity (Wildman–Crippen MR) is 34.5 cm³/mol. The smallest absolute Gasteiger partial charge is 0.200 e.